The Kier molecular flexibility index (Phi) is 3.68. The Morgan fingerprint density at radius 1 is 1.14 bits per heavy atom. The molecule has 0 saturated carbocycles. The second-order valence-electron chi connectivity index (χ2n) is 5.87. The maximum Gasteiger partial charge on any atom is 0.149 e. The molecule has 5 heteroatoms. The van der Waals surface area contributed by atoms with Gasteiger partial charge in [0, 0.05) is 37.0 Å². The number of hydrogen-bond donors (Lipinski definition) is 0. The van der Waals surface area contributed by atoms with Gasteiger partial charge in [-0.25, -0.2) is 4.39 Å². The van der Waals surface area contributed by atoms with Crippen LogP contribution in [0.5, 0.6) is 0 Å². The molecule has 0 radical (unpaired) electrons. The normalized spacial score (nSPS) is 25.8. The second kappa shape index (κ2) is 5.82. The van der Waals surface area contributed by atoms with Crippen molar-refractivity contribution in [1.29, 1.82) is 0 Å². The Bertz CT molecular complexity index is 673. The van der Waals surface area contributed by atoms with Crippen LogP contribution in [-0.4, -0.2) is 43.5 Å². The van der Waals surface area contributed by atoms with E-state index < -0.39 is 0 Å². The molecule has 1 aromatic carbocycles. The number of rotatable bonds is 2. The number of benzene rings is 1. The minimum atomic E-state index is -0.275. The van der Waals surface area contributed by atoms with Crippen LogP contribution in [0.25, 0.3) is 10.9 Å². The number of halogens is 1. The van der Waals surface area contributed by atoms with Crippen LogP contribution in [0.4, 0.5) is 10.1 Å². The number of aromatic nitrogens is 1. The molecular formula is C17H19FN2O2. The molecule has 2 aliphatic heterocycles. The van der Waals surface area contributed by atoms with Gasteiger partial charge in [-0.15, -0.1) is 0 Å². The van der Waals surface area contributed by atoms with Gasteiger partial charge in [0.05, 0.1) is 12.7 Å². The minimum absolute atomic E-state index is 0.0908. The zero-order chi connectivity index (χ0) is 14.9. The van der Waals surface area contributed by atoms with E-state index in [1.165, 1.54) is 6.07 Å². The molecule has 2 fully saturated rings. The first-order valence-electron chi connectivity index (χ1n) is 7.84. The van der Waals surface area contributed by atoms with Crippen molar-refractivity contribution in [3.8, 4) is 0 Å². The summed E-state index contributed by atoms with van der Waals surface area (Å²) in [5.41, 5.74) is 1.45. The summed E-state index contributed by atoms with van der Waals surface area (Å²) >= 11 is 0. The maximum atomic E-state index is 13.9. The molecule has 2 atom stereocenters. The summed E-state index contributed by atoms with van der Waals surface area (Å²) in [6.07, 6.45) is 4.12. The van der Waals surface area contributed by atoms with Gasteiger partial charge >= 0.3 is 0 Å². The average molecular weight is 302 g/mol. The molecule has 0 amide bonds. The van der Waals surface area contributed by atoms with Crippen molar-refractivity contribution < 1.29 is 13.9 Å². The lowest BCUT2D eigenvalue weighted by molar-refractivity contribution is -0.0542. The van der Waals surface area contributed by atoms with E-state index in [2.05, 4.69) is 9.88 Å². The summed E-state index contributed by atoms with van der Waals surface area (Å²) < 4.78 is 25.6. The molecule has 0 N–H and O–H groups in total. The third kappa shape index (κ3) is 2.44. The third-order valence-corrected chi connectivity index (χ3v) is 4.51. The Hall–Kier alpha value is -1.72. The van der Waals surface area contributed by atoms with Crippen LogP contribution in [0.15, 0.2) is 30.5 Å². The Morgan fingerprint density at radius 2 is 2.05 bits per heavy atom. The number of para-hydroxylation sites is 1. The minimum Gasteiger partial charge on any atom is -0.375 e. The van der Waals surface area contributed by atoms with Crippen molar-refractivity contribution in [2.24, 2.45) is 0 Å². The highest BCUT2D eigenvalue weighted by atomic mass is 19.1. The van der Waals surface area contributed by atoms with Crippen molar-refractivity contribution >= 4 is 16.6 Å². The van der Waals surface area contributed by atoms with Gasteiger partial charge in [0.15, 0.2) is 0 Å². The summed E-state index contributed by atoms with van der Waals surface area (Å²) in [4.78, 5) is 6.44. The summed E-state index contributed by atoms with van der Waals surface area (Å²) in [6.45, 7) is 3.08. The number of nitrogens with zero attached hydrogens (tertiary/aromatic N) is 2. The molecule has 4 nitrogen and oxygen atoms in total. The fourth-order valence-corrected chi connectivity index (χ4v) is 3.42. The molecule has 0 bridgehead atoms. The predicted octanol–water partition coefficient (Wildman–Crippen LogP) is 2.76. The van der Waals surface area contributed by atoms with Crippen molar-refractivity contribution in [3.05, 3.63) is 36.3 Å². The molecule has 0 spiro atoms. The van der Waals surface area contributed by atoms with Crippen molar-refractivity contribution in [3.63, 3.8) is 0 Å². The van der Waals surface area contributed by atoms with Crippen LogP contribution in [-0.2, 0) is 9.47 Å². The van der Waals surface area contributed by atoms with Crippen molar-refractivity contribution in [2.45, 2.75) is 25.0 Å². The van der Waals surface area contributed by atoms with E-state index in [1.807, 2.05) is 12.1 Å². The number of morpholine rings is 1. The van der Waals surface area contributed by atoms with E-state index in [4.69, 9.17) is 9.47 Å². The molecule has 3 heterocycles. The van der Waals surface area contributed by atoms with Crippen LogP contribution in [0.1, 0.15) is 12.8 Å². The quantitative estimate of drug-likeness (QED) is 0.854. The van der Waals surface area contributed by atoms with Crippen LogP contribution < -0.4 is 4.90 Å². The first-order valence-corrected chi connectivity index (χ1v) is 7.84. The molecule has 22 heavy (non-hydrogen) atoms. The monoisotopic (exact) mass is 302 g/mol. The first-order chi connectivity index (χ1) is 10.8. The van der Waals surface area contributed by atoms with Gasteiger partial charge in [-0.1, -0.05) is 12.1 Å². The number of pyridine rings is 1. The van der Waals surface area contributed by atoms with Crippen LogP contribution in [0, 0.1) is 5.82 Å². The number of fused-ring (bicyclic) bond motifs is 1. The fraction of sp³-hybridized carbons (Fsp3) is 0.471. The number of hydrogen-bond acceptors (Lipinski definition) is 4. The van der Waals surface area contributed by atoms with Gasteiger partial charge in [-0.05, 0) is 25.0 Å². The highest BCUT2D eigenvalue weighted by Crippen LogP contribution is 2.29. The standard InChI is InChI=1S/C17H19FN2O2/c18-13-4-1-3-12-14(6-7-19-17(12)13)20-8-10-22-16(11-20)15-5-2-9-21-15/h1,3-4,6-7,15-16H,2,5,8-11H2/t15-,16+/m1/s1. The molecule has 2 saturated heterocycles. The van der Waals surface area contributed by atoms with Crippen LogP contribution >= 0.6 is 0 Å². The Labute approximate surface area is 128 Å². The maximum absolute atomic E-state index is 13.9. The summed E-state index contributed by atoms with van der Waals surface area (Å²) in [6, 6.07) is 7.07. The molecular weight excluding hydrogens is 283 g/mol. The van der Waals surface area contributed by atoms with Gasteiger partial charge in [-0.3, -0.25) is 4.98 Å². The van der Waals surface area contributed by atoms with E-state index in [9.17, 15) is 4.39 Å². The van der Waals surface area contributed by atoms with Gasteiger partial charge in [0.2, 0.25) is 0 Å². The largest absolute Gasteiger partial charge is 0.375 e. The fourth-order valence-electron chi connectivity index (χ4n) is 3.42. The number of ether oxygens (including phenoxy) is 2. The average Bonchev–Trinajstić information content (AvgIpc) is 3.09. The highest BCUT2D eigenvalue weighted by molar-refractivity contribution is 5.91. The van der Waals surface area contributed by atoms with E-state index in [0.717, 1.165) is 43.6 Å². The lowest BCUT2D eigenvalue weighted by Crippen LogP contribution is -2.47. The molecule has 0 aliphatic carbocycles. The van der Waals surface area contributed by atoms with E-state index in [-0.39, 0.29) is 18.0 Å². The predicted molar refractivity (Wildman–Crippen MR) is 82.6 cm³/mol. The van der Waals surface area contributed by atoms with Gasteiger partial charge < -0.3 is 14.4 Å². The topological polar surface area (TPSA) is 34.6 Å². The van der Waals surface area contributed by atoms with E-state index in [1.54, 1.807) is 12.3 Å². The molecule has 2 aliphatic rings. The van der Waals surface area contributed by atoms with Crippen molar-refractivity contribution in [1.82, 2.24) is 4.98 Å². The zero-order valence-corrected chi connectivity index (χ0v) is 12.4. The summed E-state index contributed by atoms with van der Waals surface area (Å²) in [5, 5.41) is 0.857. The lowest BCUT2D eigenvalue weighted by atomic mass is 10.1. The van der Waals surface area contributed by atoms with Crippen LogP contribution in [0.3, 0.4) is 0 Å². The van der Waals surface area contributed by atoms with Gasteiger partial charge in [-0.2, -0.15) is 0 Å². The molecule has 116 valence electrons. The first kappa shape index (κ1) is 13.9. The second-order valence-corrected chi connectivity index (χ2v) is 5.87. The number of anilines is 1. The molecule has 1 aromatic heterocycles. The Balaban J connectivity index is 1.65. The molecule has 0 unspecified atom stereocenters. The van der Waals surface area contributed by atoms with Gasteiger partial charge in [0.25, 0.3) is 0 Å². The summed E-state index contributed by atoms with van der Waals surface area (Å²) in [7, 11) is 0. The van der Waals surface area contributed by atoms with Crippen molar-refractivity contribution in [2.75, 3.05) is 31.2 Å². The third-order valence-electron chi connectivity index (χ3n) is 4.51. The van der Waals surface area contributed by atoms with E-state index >= 15 is 0 Å². The smallest absolute Gasteiger partial charge is 0.149 e. The summed E-state index contributed by atoms with van der Waals surface area (Å²) in [5.74, 6) is -0.275. The van der Waals surface area contributed by atoms with Crippen LogP contribution in [0.2, 0.25) is 0 Å². The SMILES string of the molecule is Fc1cccc2c(N3CCO[C@H]([C@H]4CCCO4)C3)ccnc12. The highest BCUT2D eigenvalue weighted by Gasteiger charge is 2.31. The Morgan fingerprint density at radius 3 is 2.91 bits per heavy atom. The molecule has 2 aromatic rings. The molecule has 4 rings (SSSR count). The lowest BCUT2D eigenvalue weighted by Gasteiger charge is -2.37. The zero-order valence-electron chi connectivity index (χ0n) is 12.4. The van der Waals surface area contributed by atoms with Gasteiger partial charge in [0.1, 0.15) is 17.4 Å². The van der Waals surface area contributed by atoms with E-state index in [0.29, 0.717) is 12.1 Å².